The molecule has 125 valence electrons. The van der Waals surface area contributed by atoms with E-state index in [1.807, 2.05) is 0 Å². The summed E-state index contributed by atoms with van der Waals surface area (Å²) in [6.07, 6.45) is 1.35. The van der Waals surface area contributed by atoms with Gasteiger partial charge in [0, 0.05) is 17.8 Å². The first-order valence-corrected chi connectivity index (χ1v) is 7.81. The lowest BCUT2D eigenvalue weighted by Crippen LogP contribution is -1.94. The summed E-state index contributed by atoms with van der Waals surface area (Å²) in [5.41, 5.74) is 1.91. The predicted molar refractivity (Wildman–Crippen MR) is 93.0 cm³/mol. The number of nitrogens with one attached hydrogen (secondary N) is 1. The normalized spacial score (nSPS) is 11.2. The maximum Gasteiger partial charge on any atom is 0.230 e. The van der Waals surface area contributed by atoms with Crippen molar-refractivity contribution < 1.29 is 13.9 Å². The first-order chi connectivity index (χ1) is 12.1. The van der Waals surface area contributed by atoms with Crippen molar-refractivity contribution in [2.45, 2.75) is 6.92 Å². The van der Waals surface area contributed by atoms with Gasteiger partial charge < -0.3 is 14.5 Å². The van der Waals surface area contributed by atoms with Crippen LogP contribution in [0.15, 0.2) is 30.6 Å². The van der Waals surface area contributed by atoms with Crippen LogP contribution in [0.25, 0.3) is 21.8 Å². The Bertz CT molecular complexity index is 1110. The molecule has 0 aliphatic rings. The van der Waals surface area contributed by atoms with Crippen LogP contribution in [0, 0.1) is 18.8 Å². The molecule has 2 heterocycles. The zero-order valence-corrected chi connectivity index (χ0v) is 14.1. The predicted octanol–water partition coefficient (Wildman–Crippen LogP) is 4.81. The number of hydrogen-bond donors (Lipinski definition) is 1. The highest BCUT2D eigenvalue weighted by atomic mass is 35.5. The van der Waals surface area contributed by atoms with Gasteiger partial charge in [-0.2, -0.15) is 0 Å². The Balaban J connectivity index is 1.83. The molecule has 0 saturated heterocycles. The van der Waals surface area contributed by atoms with E-state index in [0.717, 1.165) is 0 Å². The number of halogens is 2. The van der Waals surface area contributed by atoms with Crippen molar-refractivity contribution in [2.24, 2.45) is 0 Å². The second-order valence-corrected chi connectivity index (χ2v) is 5.82. The molecule has 0 bridgehead atoms. The molecule has 0 saturated carbocycles. The molecule has 0 aliphatic carbocycles. The van der Waals surface area contributed by atoms with E-state index in [0.29, 0.717) is 38.3 Å². The molecule has 5 nitrogen and oxygen atoms in total. The third-order valence-corrected chi connectivity index (χ3v) is 4.38. The number of H-pyrrole nitrogens is 1. The van der Waals surface area contributed by atoms with Crippen molar-refractivity contribution in [3.63, 3.8) is 0 Å². The smallest absolute Gasteiger partial charge is 0.230 e. The molecule has 0 aliphatic heterocycles. The van der Waals surface area contributed by atoms with Gasteiger partial charge >= 0.3 is 0 Å². The third-order valence-electron chi connectivity index (χ3n) is 3.91. The van der Waals surface area contributed by atoms with Gasteiger partial charge in [-0.25, -0.2) is 14.4 Å². The first kappa shape index (κ1) is 15.7. The maximum absolute atomic E-state index is 14.8. The standard InChI is InChI=1S/C18H12ClFN3O2/c1-9-16(19)15-12(23-9)5-6-14(17(15)20)25-18-11-4-3-10(24-2)7-13(11)21-8-22-18/h4-8,23H,1-2H3. The molecule has 4 aromatic rings. The Hall–Kier alpha value is -2.86. The van der Waals surface area contributed by atoms with Crippen molar-refractivity contribution in [1.29, 1.82) is 0 Å². The van der Waals surface area contributed by atoms with E-state index < -0.39 is 5.82 Å². The van der Waals surface area contributed by atoms with Crippen LogP contribution in [0.3, 0.4) is 0 Å². The Kier molecular flexibility index (Phi) is 3.69. The first-order valence-electron chi connectivity index (χ1n) is 7.43. The number of rotatable bonds is 3. The Morgan fingerprint density at radius 2 is 2.12 bits per heavy atom. The summed E-state index contributed by atoms with van der Waals surface area (Å²) in [5.74, 6) is 0.255. The average molecular weight is 357 g/mol. The van der Waals surface area contributed by atoms with Crippen molar-refractivity contribution in [3.8, 4) is 17.4 Å². The van der Waals surface area contributed by atoms with Gasteiger partial charge in [0.15, 0.2) is 11.6 Å². The van der Waals surface area contributed by atoms with Gasteiger partial charge in [-0.3, -0.25) is 0 Å². The molecule has 7 heteroatoms. The lowest BCUT2D eigenvalue weighted by Gasteiger charge is -2.09. The van der Waals surface area contributed by atoms with E-state index >= 15 is 0 Å². The van der Waals surface area contributed by atoms with Crippen LogP contribution in [0.5, 0.6) is 17.4 Å². The second-order valence-electron chi connectivity index (χ2n) is 5.45. The zero-order valence-electron chi connectivity index (χ0n) is 13.4. The van der Waals surface area contributed by atoms with Crippen molar-refractivity contribution in [3.05, 3.63) is 53.2 Å². The van der Waals surface area contributed by atoms with Crippen LogP contribution in [-0.4, -0.2) is 22.1 Å². The molecule has 1 N–H and O–H groups in total. The number of benzene rings is 2. The number of nitrogens with zero attached hydrogens (tertiary/aromatic N) is 2. The van der Waals surface area contributed by atoms with E-state index in [9.17, 15) is 4.39 Å². The number of aromatic amines is 1. The fourth-order valence-electron chi connectivity index (χ4n) is 2.65. The van der Waals surface area contributed by atoms with Crippen LogP contribution in [0.1, 0.15) is 5.69 Å². The van der Waals surface area contributed by atoms with Gasteiger partial charge in [-0.1, -0.05) is 11.6 Å². The fourth-order valence-corrected chi connectivity index (χ4v) is 2.89. The Morgan fingerprint density at radius 3 is 2.92 bits per heavy atom. The minimum absolute atomic E-state index is 0.0317. The molecule has 0 atom stereocenters. The summed E-state index contributed by atoms with van der Waals surface area (Å²) in [6, 6.07) is 9.54. The number of ether oxygens (including phenoxy) is 2. The molecule has 2 aromatic heterocycles. The molecule has 2 aromatic carbocycles. The van der Waals surface area contributed by atoms with Crippen molar-refractivity contribution >= 4 is 33.4 Å². The summed E-state index contributed by atoms with van der Waals surface area (Å²) < 4.78 is 25.7. The van der Waals surface area contributed by atoms with Crippen LogP contribution >= 0.6 is 11.6 Å². The molecular formula is C18H12ClFN3O2. The highest BCUT2D eigenvalue weighted by molar-refractivity contribution is 6.36. The quantitative estimate of drug-likeness (QED) is 0.572. The lowest BCUT2D eigenvalue weighted by atomic mass is 10.2. The second kappa shape index (κ2) is 5.89. The lowest BCUT2D eigenvalue weighted by molar-refractivity contribution is 0.414. The summed E-state index contributed by atoms with van der Waals surface area (Å²) in [5, 5.41) is 1.23. The molecule has 4 rings (SSSR count). The Labute approximate surface area is 147 Å². The maximum atomic E-state index is 14.8. The third kappa shape index (κ3) is 2.55. The van der Waals surface area contributed by atoms with Gasteiger partial charge in [-0.15, -0.1) is 0 Å². The highest BCUT2D eigenvalue weighted by Gasteiger charge is 2.17. The van der Waals surface area contributed by atoms with Crippen molar-refractivity contribution in [1.82, 2.24) is 15.0 Å². The van der Waals surface area contributed by atoms with Gasteiger partial charge in [0.05, 0.1) is 33.9 Å². The summed E-state index contributed by atoms with van der Waals surface area (Å²) in [4.78, 5) is 11.3. The van der Waals surface area contributed by atoms with Crippen LogP contribution in [0.2, 0.25) is 5.02 Å². The number of methoxy groups -OCH3 is 1. The number of fused-ring (bicyclic) bond motifs is 2. The molecule has 1 radical (unpaired) electrons. The number of hydrogen-bond acceptors (Lipinski definition) is 4. The number of aryl methyl sites for hydroxylation is 1. The minimum atomic E-state index is -0.545. The average Bonchev–Trinajstić information content (AvgIpc) is 2.92. The van der Waals surface area contributed by atoms with Gasteiger partial charge in [0.2, 0.25) is 5.88 Å². The summed E-state index contributed by atoms with van der Waals surface area (Å²) in [6.45, 7) is 1.78. The highest BCUT2D eigenvalue weighted by Crippen LogP contribution is 2.36. The largest absolute Gasteiger partial charge is 0.496 e. The molecule has 0 spiro atoms. The fraction of sp³-hybridized carbons (Fsp3) is 0.111. The van der Waals surface area contributed by atoms with Gasteiger partial charge in [-0.05, 0) is 25.1 Å². The molecule has 0 unspecified atom stereocenters. The number of aromatic nitrogens is 3. The minimum Gasteiger partial charge on any atom is -0.496 e. The SMILES string of the molecule is COc1[c]cc2c(Oc3ccc4[nH]c(C)c(Cl)c4c3F)ncnc2c1. The van der Waals surface area contributed by atoms with Gasteiger partial charge in [0.25, 0.3) is 0 Å². The van der Waals surface area contributed by atoms with E-state index in [1.165, 1.54) is 12.4 Å². The van der Waals surface area contributed by atoms with Crippen LogP contribution < -0.4 is 9.47 Å². The topological polar surface area (TPSA) is 60.0 Å². The molecule has 0 fully saturated rings. The molecular weight excluding hydrogens is 345 g/mol. The Morgan fingerprint density at radius 1 is 1.28 bits per heavy atom. The monoisotopic (exact) mass is 356 g/mol. The summed E-state index contributed by atoms with van der Waals surface area (Å²) in [7, 11) is 1.55. The molecule has 25 heavy (non-hydrogen) atoms. The molecule has 0 amide bonds. The van der Waals surface area contributed by atoms with E-state index in [1.54, 1.807) is 32.2 Å². The van der Waals surface area contributed by atoms with E-state index in [2.05, 4.69) is 21.0 Å². The van der Waals surface area contributed by atoms with Crippen LogP contribution in [0.4, 0.5) is 4.39 Å². The van der Waals surface area contributed by atoms with Gasteiger partial charge in [0.1, 0.15) is 12.1 Å². The summed E-state index contributed by atoms with van der Waals surface area (Å²) >= 11 is 6.18. The van der Waals surface area contributed by atoms with Crippen LogP contribution in [-0.2, 0) is 0 Å². The van der Waals surface area contributed by atoms with E-state index in [-0.39, 0.29) is 11.6 Å². The van der Waals surface area contributed by atoms with Crippen molar-refractivity contribution in [2.75, 3.05) is 7.11 Å². The zero-order chi connectivity index (χ0) is 17.6. The van der Waals surface area contributed by atoms with E-state index in [4.69, 9.17) is 21.1 Å².